The van der Waals surface area contributed by atoms with Crippen molar-refractivity contribution in [1.29, 1.82) is 0 Å². The Labute approximate surface area is 225 Å². The number of hydrogen-bond acceptors (Lipinski definition) is 6. The molecule has 0 saturated carbocycles. The Hall–Kier alpha value is -3.04. The number of pyridine rings is 1. The van der Waals surface area contributed by atoms with E-state index in [-0.39, 0.29) is 17.3 Å². The van der Waals surface area contributed by atoms with Gasteiger partial charge in [0.15, 0.2) is 0 Å². The number of amides is 1. The molecule has 2 saturated heterocycles. The lowest BCUT2D eigenvalue weighted by atomic mass is 9.82. The van der Waals surface area contributed by atoms with E-state index in [1.807, 2.05) is 27.0 Å². The molecule has 0 atom stereocenters. The van der Waals surface area contributed by atoms with Crippen LogP contribution >= 0.6 is 0 Å². The predicted octanol–water partition coefficient (Wildman–Crippen LogP) is 4.89. The van der Waals surface area contributed by atoms with Gasteiger partial charge in [0.05, 0.1) is 11.2 Å². The molecule has 2 aliphatic heterocycles. The van der Waals surface area contributed by atoms with Crippen LogP contribution in [0, 0.1) is 6.92 Å². The minimum Gasteiger partial charge on any atom is -0.444 e. The Balaban J connectivity index is 1.28. The second-order valence-corrected chi connectivity index (χ2v) is 12.4. The molecule has 202 valence electrons. The summed E-state index contributed by atoms with van der Waals surface area (Å²) in [5.41, 5.74) is 4.04. The molecule has 0 bridgehead atoms. The molecular weight excluding hydrogens is 479 g/mol. The number of H-pyrrole nitrogens is 1. The Morgan fingerprint density at radius 1 is 1.00 bits per heavy atom. The first-order valence-electron chi connectivity index (χ1n) is 13.4. The van der Waals surface area contributed by atoms with Gasteiger partial charge in [-0.05, 0) is 84.7 Å². The number of nitrogens with one attached hydrogen (secondary N) is 1. The fourth-order valence-electron chi connectivity index (χ4n) is 4.92. The number of aromatic amines is 1. The molecule has 0 radical (unpaired) electrons. The molecule has 2 fully saturated rings. The van der Waals surface area contributed by atoms with E-state index in [0.717, 1.165) is 52.1 Å². The van der Waals surface area contributed by atoms with Crippen LogP contribution in [0.25, 0.3) is 22.0 Å². The van der Waals surface area contributed by atoms with E-state index in [2.05, 4.69) is 74.8 Å². The number of piperazine rings is 1. The van der Waals surface area contributed by atoms with Crippen LogP contribution in [0.3, 0.4) is 0 Å². The third kappa shape index (κ3) is 5.01. The van der Waals surface area contributed by atoms with E-state index in [1.54, 1.807) is 4.90 Å². The van der Waals surface area contributed by atoms with Gasteiger partial charge in [0.2, 0.25) is 0 Å². The zero-order valence-corrected chi connectivity index (χ0v) is 23.8. The number of carbonyl (C=O) groups is 1. The number of hydrogen-bond donors (Lipinski definition) is 1. The SMILES string of the molecule is Cc1c(B2OC(C)(C)C(C)(C)O2)[nH]c2cc(-c3ccc(N4CCN(C(=O)OC(C)(C)C)CC4)nc3)ccc12. The van der Waals surface area contributed by atoms with Crippen LogP contribution in [0.15, 0.2) is 36.5 Å². The number of rotatable bonds is 3. The van der Waals surface area contributed by atoms with Gasteiger partial charge in [-0.15, -0.1) is 0 Å². The average molecular weight is 518 g/mol. The van der Waals surface area contributed by atoms with E-state index < -0.39 is 12.7 Å². The van der Waals surface area contributed by atoms with Crippen molar-refractivity contribution in [3.8, 4) is 11.1 Å². The number of ether oxygens (including phenoxy) is 1. The number of nitrogens with zero attached hydrogens (tertiary/aromatic N) is 3. The molecule has 1 N–H and O–H groups in total. The predicted molar refractivity (Wildman–Crippen MR) is 152 cm³/mol. The van der Waals surface area contributed by atoms with Crippen LogP contribution in [0.4, 0.5) is 10.6 Å². The molecule has 2 aliphatic rings. The van der Waals surface area contributed by atoms with Crippen LogP contribution in [-0.2, 0) is 14.0 Å². The Kier molecular flexibility index (Phi) is 6.51. The van der Waals surface area contributed by atoms with Crippen LogP contribution in [-0.4, -0.2) is 71.1 Å². The summed E-state index contributed by atoms with van der Waals surface area (Å²) < 4.78 is 18.1. The summed E-state index contributed by atoms with van der Waals surface area (Å²) in [6.45, 7) is 18.7. The zero-order chi connectivity index (χ0) is 27.5. The monoisotopic (exact) mass is 518 g/mol. The minimum absolute atomic E-state index is 0.253. The lowest BCUT2D eigenvalue weighted by Crippen LogP contribution is -2.50. The molecule has 8 nitrogen and oxygen atoms in total. The second-order valence-electron chi connectivity index (χ2n) is 12.4. The maximum absolute atomic E-state index is 12.4. The maximum atomic E-state index is 12.4. The van der Waals surface area contributed by atoms with E-state index in [4.69, 9.17) is 19.0 Å². The molecule has 4 heterocycles. The highest BCUT2D eigenvalue weighted by Gasteiger charge is 2.52. The minimum atomic E-state index is -0.485. The number of anilines is 1. The van der Waals surface area contributed by atoms with Gasteiger partial charge >= 0.3 is 13.2 Å². The summed E-state index contributed by atoms with van der Waals surface area (Å²) in [6, 6.07) is 10.6. The molecule has 38 heavy (non-hydrogen) atoms. The number of aromatic nitrogens is 2. The molecule has 2 aromatic heterocycles. The summed E-state index contributed by atoms with van der Waals surface area (Å²) >= 11 is 0. The topological polar surface area (TPSA) is 79.9 Å². The van der Waals surface area contributed by atoms with Gasteiger partial charge in [-0.25, -0.2) is 9.78 Å². The Bertz CT molecular complexity index is 1320. The van der Waals surface area contributed by atoms with Crippen molar-refractivity contribution >= 4 is 35.5 Å². The fourth-order valence-corrected chi connectivity index (χ4v) is 4.92. The van der Waals surface area contributed by atoms with E-state index in [1.165, 1.54) is 0 Å². The van der Waals surface area contributed by atoms with Crippen LogP contribution in [0.5, 0.6) is 0 Å². The number of fused-ring (bicyclic) bond motifs is 1. The largest absolute Gasteiger partial charge is 0.512 e. The van der Waals surface area contributed by atoms with Crippen molar-refractivity contribution in [1.82, 2.24) is 14.9 Å². The fraction of sp³-hybridized carbons (Fsp3) is 0.517. The van der Waals surface area contributed by atoms with Gasteiger partial charge in [0.25, 0.3) is 0 Å². The van der Waals surface area contributed by atoms with Gasteiger partial charge in [-0.1, -0.05) is 12.1 Å². The van der Waals surface area contributed by atoms with E-state index >= 15 is 0 Å². The molecule has 0 aliphatic carbocycles. The van der Waals surface area contributed by atoms with Crippen LogP contribution < -0.4 is 10.5 Å². The van der Waals surface area contributed by atoms with Crippen molar-refractivity contribution in [3.05, 3.63) is 42.1 Å². The lowest BCUT2D eigenvalue weighted by Gasteiger charge is -2.36. The van der Waals surface area contributed by atoms with Crippen molar-refractivity contribution in [2.75, 3.05) is 31.1 Å². The molecular formula is C29H39BN4O4. The molecule has 1 aromatic carbocycles. The van der Waals surface area contributed by atoms with Crippen molar-refractivity contribution in [3.63, 3.8) is 0 Å². The highest BCUT2D eigenvalue weighted by molar-refractivity contribution is 6.62. The molecule has 5 rings (SSSR count). The summed E-state index contributed by atoms with van der Waals surface area (Å²) in [5, 5.41) is 1.16. The summed E-state index contributed by atoms with van der Waals surface area (Å²) in [5.74, 6) is 0.914. The average Bonchev–Trinajstić information content (AvgIpc) is 3.29. The van der Waals surface area contributed by atoms with Crippen LogP contribution in [0.1, 0.15) is 54.0 Å². The van der Waals surface area contributed by atoms with E-state index in [9.17, 15) is 4.79 Å². The lowest BCUT2D eigenvalue weighted by molar-refractivity contribution is 0.00578. The Morgan fingerprint density at radius 3 is 2.21 bits per heavy atom. The first-order valence-corrected chi connectivity index (χ1v) is 13.4. The number of aryl methyl sites for hydroxylation is 1. The Morgan fingerprint density at radius 2 is 1.63 bits per heavy atom. The van der Waals surface area contributed by atoms with Gasteiger partial charge in [-0.2, -0.15) is 0 Å². The van der Waals surface area contributed by atoms with Crippen molar-refractivity contribution in [2.24, 2.45) is 0 Å². The van der Waals surface area contributed by atoms with Gasteiger partial charge in [0.1, 0.15) is 11.4 Å². The molecule has 0 spiro atoms. The first-order chi connectivity index (χ1) is 17.7. The summed E-state index contributed by atoms with van der Waals surface area (Å²) in [4.78, 5) is 24.6. The molecule has 9 heteroatoms. The summed E-state index contributed by atoms with van der Waals surface area (Å²) in [6.07, 6.45) is 1.67. The molecule has 0 unspecified atom stereocenters. The second kappa shape index (κ2) is 9.31. The van der Waals surface area contributed by atoms with Gasteiger partial charge in [-0.3, -0.25) is 0 Å². The van der Waals surface area contributed by atoms with Crippen molar-refractivity contribution in [2.45, 2.75) is 72.2 Å². The summed E-state index contributed by atoms with van der Waals surface area (Å²) in [7, 11) is -0.424. The molecule has 1 amide bonds. The van der Waals surface area contributed by atoms with Gasteiger partial charge in [0, 0.05) is 54.4 Å². The third-order valence-electron chi connectivity index (χ3n) is 7.92. The van der Waals surface area contributed by atoms with Gasteiger partial charge < -0.3 is 28.8 Å². The standard InChI is InChI=1S/C29H39BN4O4/c1-19-22-11-9-20(17-23(22)32-25(19)30-37-28(5,6)29(7,8)38-30)21-10-12-24(31-18-21)33-13-15-34(16-14-33)26(35)36-27(2,3)4/h9-12,17-18,32H,13-16H2,1-8H3. The van der Waals surface area contributed by atoms with Crippen molar-refractivity contribution < 1.29 is 18.8 Å². The smallest absolute Gasteiger partial charge is 0.444 e. The highest BCUT2D eigenvalue weighted by atomic mass is 16.7. The number of benzene rings is 1. The highest BCUT2D eigenvalue weighted by Crippen LogP contribution is 2.37. The normalized spacial score (nSPS) is 19.3. The van der Waals surface area contributed by atoms with Crippen LogP contribution in [0.2, 0.25) is 0 Å². The zero-order valence-electron chi connectivity index (χ0n) is 23.8. The maximum Gasteiger partial charge on any atom is 0.512 e. The third-order valence-corrected chi connectivity index (χ3v) is 7.92. The van der Waals surface area contributed by atoms with E-state index in [0.29, 0.717) is 13.1 Å². The number of carbonyl (C=O) groups excluding carboxylic acids is 1. The quantitative estimate of drug-likeness (QED) is 0.498. The molecule has 3 aromatic rings. The first kappa shape index (κ1) is 26.6.